The van der Waals surface area contributed by atoms with Gasteiger partial charge in [0.2, 0.25) is 0 Å². The molecule has 5 rings (SSSR count). The largest absolute Gasteiger partial charge is 0.336 e. The Hall–Kier alpha value is -2.40. The smallest absolute Gasteiger partial charge is 0.278 e. The van der Waals surface area contributed by atoms with Crippen molar-refractivity contribution in [2.45, 2.75) is 63.8 Å². The molecule has 0 atom stereocenters. The highest BCUT2D eigenvalue weighted by Gasteiger charge is 2.45. The van der Waals surface area contributed by atoms with Gasteiger partial charge < -0.3 is 4.90 Å². The van der Waals surface area contributed by atoms with E-state index < -0.39 is 0 Å². The van der Waals surface area contributed by atoms with Gasteiger partial charge in [-0.3, -0.25) is 14.5 Å². The van der Waals surface area contributed by atoms with E-state index in [1.807, 2.05) is 23.6 Å². The molecular formula is C25H28N2O2S. The van der Waals surface area contributed by atoms with Crippen molar-refractivity contribution in [3.05, 3.63) is 57.9 Å². The first-order valence-corrected chi connectivity index (χ1v) is 12.1. The number of hydrogen-bond acceptors (Lipinski definition) is 4. The van der Waals surface area contributed by atoms with Crippen LogP contribution in [0.3, 0.4) is 0 Å². The van der Waals surface area contributed by atoms with Crippen molar-refractivity contribution in [3.63, 3.8) is 0 Å². The number of aryl methyl sites for hydroxylation is 1. The third kappa shape index (κ3) is 3.39. The molecule has 0 saturated heterocycles. The second kappa shape index (κ2) is 8.38. The van der Waals surface area contributed by atoms with E-state index in [2.05, 4.69) is 23.1 Å². The normalized spacial score (nSPS) is 21.1. The van der Waals surface area contributed by atoms with Gasteiger partial charge in [-0.15, -0.1) is 11.3 Å². The highest BCUT2D eigenvalue weighted by atomic mass is 32.1. The van der Waals surface area contributed by atoms with Crippen molar-refractivity contribution in [2.75, 3.05) is 11.4 Å². The number of para-hydroxylation sites is 1. The molecule has 1 aromatic carbocycles. The lowest BCUT2D eigenvalue weighted by Crippen LogP contribution is -2.43. The predicted octanol–water partition coefficient (Wildman–Crippen LogP) is 5.39. The molecule has 0 radical (unpaired) electrons. The molecule has 1 aromatic heterocycles. The van der Waals surface area contributed by atoms with Crippen LogP contribution >= 0.6 is 11.3 Å². The highest BCUT2D eigenvalue weighted by Crippen LogP contribution is 2.40. The maximum Gasteiger partial charge on any atom is 0.278 e. The van der Waals surface area contributed by atoms with E-state index in [0.29, 0.717) is 11.3 Å². The van der Waals surface area contributed by atoms with Crippen molar-refractivity contribution in [2.24, 2.45) is 0 Å². The van der Waals surface area contributed by atoms with Gasteiger partial charge in [-0.25, -0.2) is 0 Å². The molecule has 1 fully saturated rings. The summed E-state index contributed by atoms with van der Waals surface area (Å²) < 4.78 is 0. The minimum atomic E-state index is -0.0920. The van der Waals surface area contributed by atoms with Gasteiger partial charge in [0.05, 0.1) is 5.57 Å². The molecular weight excluding hydrogens is 392 g/mol. The van der Waals surface area contributed by atoms with Crippen molar-refractivity contribution in [1.29, 1.82) is 0 Å². The molecule has 30 heavy (non-hydrogen) atoms. The number of imide groups is 1. The molecule has 5 heteroatoms. The second-order valence-corrected chi connectivity index (χ2v) is 9.51. The van der Waals surface area contributed by atoms with Gasteiger partial charge in [0, 0.05) is 23.2 Å². The molecule has 0 spiro atoms. The fourth-order valence-corrected chi connectivity index (χ4v) is 5.98. The molecule has 3 aliphatic rings. The Balaban J connectivity index is 1.58. The number of carbonyl (C=O) groups excluding carboxylic acids is 2. The molecule has 0 N–H and O–H groups in total. The van der Waals surface area contributed by atoms with E-state index in [1.54, 1.807) is 16.2 Å². The van der Waals surface area contributed by atoms with Crippen LogP contribution in [0.4, 0.5) is 5.69 Å². The zero-order chi connectivity index (χ0) is 20.5. The molecule has 156 valence electrons. The number of thiophene rings is 1. The van der Waals surface area contributed by atoms with Crippen molar-refractivity contribution in [3.8, 4) is 0 Å². The van der Waals surface area contributed by atoms with E-state index in [-0.39, 0.29) is 17.9 Å². The van der Waals surface area contributed by atoms with Gasteiger partial charge in [0.25, 0.3) is 11.8 Å². The number of rotatable bonds is 3. The fraction of sp³-hybridized carbons (Fsp3) is 0.440. The van der Waals surface area contributed by atoms with Crippen LogP contribution in [0.1, 0.15) is 61.8 Å². The zero-order valence-corrected chi connectivity index (χ0v) is 18.1. The molecule has 0 unspecified atom stereocenters. The van der Waals surface area contributed by atoms with Crippen LogP contribution in [0.2, 0.25) is 0 Å². The van der Waals surface area contributed by atoms with Gasteiger partial charge in [0.1, 0.15) is 5.70 Å². The molecule has 1 saturated carbocycles. The van der Waals surface area contributed by atoms with Gasteiger partial charge in [-0.05, 0) is 48.8 Å². The van der Waals surface area contributed by atoms with Gasteiger partial charge in [0.15, 0.2) is 0 Å². The zero-order valence-electron chi connectivity index (χ0n) is 17.3. The fourth-order valence-electron chi connectivity index (χ4n) is 5.22. The van der Waals surface area contributed by atoms with Gasteiger partial charge in [-0.2, -0.15) is 0 Å². The lowest BCUT2D eigenvalue weighted by Gasteiger charge is -2.33. The first kappa shape index (κ1) is 19.6. The van der Waals surface area contributed by atoms with E-state index in [1.165, 1.54) is 24.8 Å². The monoisotopic (exact) mass is 420 g/mol. The maximum atomic E-state index is 13.8. The minimum Gasteiger partial charge on any atom is -0.336 e. The summed E-state index contributed by atoms with van der Waals surface area (Å²) in [5.41, 5.74) is 3.53. The Labute approximate surface area is 182 Å². The lowest BCUT2D eigenvalue weighted by molar-refractivity contribution is -0.140. The van der Waals surface area contributed by atoms with Crippen LogP contribution in [-0.4, -0.2) is 29.3 Å². The second-order valence-electron chi connectivity index (χ2n) is 8.56. The van der Waals surface area contributed by atoms with Crippen molar-refractivity contribution >= 4 is 34.4 Å². The average molecular weight is 421 g/mol. The van der Waals surface area contributed by atoms with E-state index in [4.69, 9.17) is 0 Å². The highest BCUT2D eigenvalue weighted by molar-refractivity contribution is 7.11. The van der Waals surface area contributed by atoms with E-state index >= 15 is 0 Å². The summed E-state index contributed by atoms with van der Waals surface area (Å²) in [6.07, 6.45) is 9.72. The first-order valence-electron chi connectivity index (χ1n) is 11.3. The molecule has 2 amide bonds. The molecule has 0 bridgehead atoms. The average Bonchev–Trinajstić information content (AvgIpc) is 3.34. The topological polar surface area (TPSA) is 40.6 Å². The van der Waals surface area contributed by atoms with Crippen LogP contribution in [0, 0.1) is 0 Å². The standard InChI is InChI=1S/C25H28N2O2S/c28-24-22(21-15-9-17-30-21)23(26-16-8-11-18-10-6-7-14-20(18)26)25(29)27(24)19-12-4-2-1-3-5-13-19/h6-7,9-10,14-15,17,19H,1-5,8,11-13,16H2. The summed E-state index contributed by atoms with van der Waals surface area (Å²) in [6.45, 7) is 0.777. The van der Waals surface area contributed by atoms with Crippen LogP contribution in [0.25, 0.3) is 5.57 Å². The third-order valence-electron chi connectivity index (χ3n) is 6.68. The number of fused-ring (bicyclic) bond motifs is 1. The SMILES string of the molecule is O=C1C(c2cccs2)=C(N2CCCc3ccccc32)C(=O)N1C1CCCCCCC1. The predicted molar refractivity (Wildman–Crippen MR) is 121 cm³/mol. The summed E-state index contributed by atoms with van der Waals surface area (Å²) in [6, 6.07) is 12.3. The Bertz CT molecular complexity index is 971. The van der Waals surface area contributed by atoms with Crippen molar-refractivity contribution in [1.82, 2.24) is 4.90 Å². The molecule has 1 aliphatic carbocycles. The Morgan fingerprint density at radius 3 is 2.37 bits per heavy atom. The summed E-state index contributed by atoms with van der Waals surface area (Å²) in [5, 5.41) is 1.99. The third-order valence-corrected chi connectivity index (χ3v) is 7.57. The minimum absolute atomic E-state index is 0.0257. The van der Waals surface area contributed by atoms with Crippen LogP contribution in [0.5, 0.6) is 0 Å². The number of hydrogen-bond donors (Lipinski definition) is 0. The number of carbonyl (C=O) groups is 2. The van der Waals surface area contributed by atoms with Gasteiger partial charge >= 0.3 is 0 Å². The summed E-state index contributed by atoms with van der Waals surface area (Å²) in [7, 11) is 0. The number of anilines is 1. The number of benzene rings is 1. The molecule has 3 heterocycles. The summed E-state index contributed by atoms with van der Waals surface area (Å²) in [4.78, 5) is 32.2. The van der Waals surface area contributed by atoms with Crippen LogP contribution in [-0.2, 0) is 16.0 Å². The number of nitrogens with zero attached hydrogens (tertiary/aromatic N) is 2. The van der Waals surface area contributed by atoms with E-state index in [9.17, 15) is 9.59 Å². The number of amides is 2. The molecule has 2 aliphatic heterocycles. The molecule has 2 aromatic rings. The Morgan fingerprint density at radius 1 is 0.833 bits per heavy atom. The summed E-state index contributed by atoms with van der Waals surface area (Å²) >= 11 is 1.55. The van der Waals surface area contributed by atoms with Gasteiger partial charge in [-0.1, -0.05) is 56.4 Å². The van der Waals surface area contributed by atoms with Crippen LogP contribution < -0.4 is 4.90 Å². The lowest BCUT2D eigenvalue weighted by atomic mass is 9.95. The van der Waals surface area contributed by atoms with Crippen LogP contribution in [0.15, 0.2) is 47.5 Å². The summed E-state index contributed by atoms with van der Waals surface area (Å²) in [5.74, 6) is -0.184. The molecule has 4 nitrogen and oxygen atoms in total. The van der Waals surface area contributed by atoms with Crippen molar-refractivity contribution < 1.29 is 9.59 Å². The first-order chi connectivity index (χ1) is 14.8. The Kier molecular flexibility index (Phi) is 5.47. The maximum absolute atomic E-state index is 13.8. The quantitative estimate of drug-likeness (QED) is 0.625. The Morgan fingerprint density at radius 2 is 1.60 bits per heavy atom. The van der Waals surface area contributed by atoms with E-state index in [0.717, 1.165) is 55.6 Å².